The zero-order valence-electron chi connectivity index (χ0n) is 12.4. The summed E-state index contributed by atoms with van der Waals surface area (Å²) in [5.41, 5.74) is 0.496. The molecule has 1 aliphatic carbocycles. The number of rotatable bonds is 2. The molecule has 4 rings (SSSR count). The van der Waals surface area contributed by atoms with Gasteiger partial charge in [0.05, 0.1) is 11.8 Å². The molecule has 0 unspecified atom stereocenters. The molecular formula is C19H18O3. The molecule has 1 heterocycles. The van der Waals surface area contributed by atoms with E-state index in [-0.39, 0.29) is 24.3 Å². The van der Waals surface area contributed by atoms with E-state index in [0.717, 1.165) is 23.8 Å². The summed E-state index contributed by atoms with van der Waals surface area (Å²) in [4.78, 5) is 24.5. The van der Waals surface area contributed by atoms with Gasteiger partial charge in [0.2, 0.25) is 0 Å². The van der Waals surface area contributed by atoms with Crippen LogP contribution in [0.5, 0.6) is 0 Å². The fraction of sp³-hybridized carbons (Fsp3) is 0.368. The number of carbonyl (C=O) groups excluding carboxylic acids is 2. The van der Waals surface area contributed by atoms with Crippen LogP contribution >= 0.6 is 0 Å². The zero-order valence-corrected chi connectivity index (χ0v) is 12.4. The highest BCUT2D eigenvalue weighted by Gasteiger charge is 2.55. The van der Waals surface area contributed by atoms with Crippen LogP contribution in [0.15, 0.2) is 42.5 Å². The molecule has 2 aromatic rings. The molecule has 2 atom stereocenters. The van der Waals surface area contributed by atoms with Gasteiger partial charge in [-0.25, -0.2) is 0 Å². The van der Waals surface area contributed by atoms with Crippen molar-refractivity contribution in [2.45, 2.75) is 38.2 Å². The van der Waals surface area contributed by atoms with E-state index >= 15 is 0 Å². The third kappa shape index (κ3) is 1.96. The monoisotopic (exact) mass is 294 g/mol. The highest BCUT2D eigenvalue weighted by atomic mass is 16.6. The summed E-state index contributed by atoms with van der Waals surface area (Å²) in [7, 11) is 0. The van der Waals surface area contributed by atoms with Crippen LogP contribution in [-0.4, -0.2) is 17.9 Å². The van der Waals surface area contributed by atoms with Crippen molar-refractivity contribution in [3.8, 4) is 0 Å². The minimum absolute atomic E-state index is 0.197. The molecule has 0 bridgehead atoms. The number of ketones is 1. The van der Waals surface area contributed by atoms with E-state index in [4.69, 9.17) is 4.74 Å². The van der Waals surface area contributed by atoms with E-state index in [0.29, 0.717) is 12.8 Å². The van der Waals surface area contributed by atoms with Gasteiger partial charge in [-0.3, -0.25) is 9.59 Å². The van der Waals surface area contributed by atoms with Gasteiger partial charge in [-0.15, -0.1) is 0 Å². The number of hydrogen-bond donors (Lipinski definition) is 0. The van der Waals surface area contributed by atoms with Crippen LogP contribution in [0.25, 0.3) is 10.8 Å². The number of benzene rings is 2. The molecule has 1 saturated heterocycles. The lowest BCUT2D eigenvalue weighted by Crippen LogP contribution is -2.44. The first-order valence-electron chi connectivity index (χ1n) is 7.88. The largest absolute Gasteiger partial charge is 0.461 e. The molecule has 2 aromatic carbocycles. The Morgan fingerprint density at radius 3 is 2.82 bits per heavy atom. The van der Waals surface area contributed by atoms with E-state index in [1.54, 1.807) is 0 Å². The van der Waals surface area contributed by atoms with Crippen LogP contribution < -0.4 is 0 Å². The summed E-state index contributed by atoms with van der Waals surface area (Å²) in [6.45, 7) is 0. The normalized spacial score (nSPS) is 27.7. The van der Waals surface area contributed by atoms with Crippen LogP contribution in [-0.2, 0) is 20.7 Å². The summed E-state index contributed by atoms with van der Waals surface area (Å²) < 4.78 is 5.46. The fourth-order valence-corrected chi connectivity index (χ4v) is 4.06. The average Bonchev–Trinajstić information content (AvgIpc) is 2.85. The number of Topliss-reactive ketones (excluding diaryl/α,β-unsaturated/α-hetero) is 1. The molecule has 2 fully saturated rings. The lowest BCUT2D eigenvalue weighted by molar-refractivity contribution is -0.144. The SMILES string of the molecule is O=C1C[C@]2(Cc3cccc4ccccc34)C(=O)CCC[C@@H]2O1. The van der Waals surface area contributed by atoms with Crippen LogP contribution in [0.3, 0.4) is 0 Å². The smallest absolute Gasteiger partial charge is 0.307 e. The molecule has 0 aromatic heterocycles. The first-order valence-corrected chi connectivity index (χ1v) is 7.88. The zero-order chi connectivity index (χ0) is 15.2. The van der Waals surface area contributed by atoms with Gasteiger partial charge in [0.25, 0.3) is 0 Å². The van der Waals surface area contributed by atoms with Crippen LogP contribution in [0.4, 0.5) is 0 Å². The summed E-state index contributed by atoms with van der Waals surface area (Å²) in [6.07, 6.45) is 2.80. The second kappa shape index (κ2) is 4.94. The number of fused-ring (bicyclic) bond motifs is 2. The van der Waals surface area contributed by atoms with Crippen molar-refractivity contribution in [1.29, 1.82) is 0 Å². The van der Waals surface area contributed by atoms with Gasteiger partial charge in [0, 0.05) is 6.42 Å². The molecule has 0 radical (unpaired) electrons. The van der Waals surface area contributed by atoms with E-state index in [2.05, 4.69) is 24.3 Å². The Morgan fingerprint density at radius 2 is 1.91 bits per heavy atom. The van der Waals surface area contributed by atoms with Crippen molar-refractivity contribution in [3.05, 3.63) is 48.0 Å². The Kier molecular flexibility index (Phi) is 3.03. The average molecular weight is 294 g/mol. The molecule has 1 aliphatic heterocycles. The predicted octanol–water partition coefficient (Wildman–Crippen LogP) is 3.44. The van der Waals surface area contributed by atoms with Gasteiger partial charge in [-0.2, -0.15) is 0 Å². The van der Waals surface area contributed by atoms with Crippen LogP contribution in [0, 0.1) is 5.41 Å². The molecule has 1 saturated carbocycles. The molecule has 0 spiro atoms. The number of esters is 1. The Hall–Kier alpha value is -2.16. The minimum Gasteiger partial charge on any atom is -0.461 e. The van der Waals surface area contributed by atoms with Crippen molar-refractivity contribution in [3.63, 3.8) is 0 Å². The van der Waals surface area contributed by atoms with Gasteiger partial charge in [0.1, 0.15) is 11.9 Å². The fourth-order valence-electron chi connectivity index (χ4n) is 4.06. The quantitative estimate of drug-likeness (QED) is 0.797. The van der Waals surface area contributed by atoms with E-state index in [9.17, 15) is 9.59 Å². The molecular weight excluding hydrogens is 276 g/mol. The maximum absolute atomic E-state index is 12.7. The Morgan fingerprint density at radius 1 is 1.09 bits per heavy atom. The number of carbonyl (C=O) groups is 2. The Bertz CT molecular complexity index is 759. The Balaban J connectivity index is 1.80. The Labute approximate surface area is 129 Å². The van der Waals surface area contributed by atoms with Crippen LogP contribution in [0.1, 0.15) is 31.2 Å². The molecule has 22 heavy (non-hydrogen) atoms. The van der Waals surface area contributed by atoms with Crippen molar-refractivity contribution >= 4 is 22.5 Å². The van der Waals surface area contributed by atoms with E-state index in [1.165, 1.54) is 5.39 Å². The van der Waals surface area contributed by atoms with E-state index < -0.39 is 5.41 Å². The van der Waals surface area contributed by atoms with Gasteiger partial charge in [-0.05, 0) is 35.6 Å². The van der Waals surface area contributed by atoms with Gasteiger partial charge in [0.15, 0.2) is 0 Å². The van der Waals surface area contributed by atoms with Crippen LogP contribution in [0.2, 0.25) is 0 Å². The maximum Gasteiger partial charge on any atom is 0.307 e. The van der Waals surface area contributed by atoms with Gasteiger partial charge in [-0.1, -0.05) is 42.5 Å². The molecule has 112 valence electrons. The highest BCUT2D eigenvalue weighted by molar-refractivity contribution is 5.94. The van der Waals surface area contributed by atoms with Crippen molar-refractivity contribution in [1.82, 2.24) is 0 Å². The van der Waals surface area contributed by atoms with Gasteiger partial charge < -0.3 is 4.74 Å². The first kappa shape index (κ1) is 13.5. The first-order chi connectivity index (χ1) is 10.7. The third-order valence-corrected chi connectivity index (χ3v) is 5.16. The predicted molar refractivity (Wildman–Crippen MR) is 83.4 cm³/mol. The summed E-state index contributed by atoms with van der Waals surface area (Å²) in [5, 5.41) is 2.33. The number of ether oxygens (including phenoxy) is 1. The summed E-state index contributed by atoms with van der Waals surface area (Å²) in [5.74, 6) is -0.0250. The second-order valence-electron chi connectivity index (χ2n) is 6.44. The van der Waals surface area contributed by atoms with E-state index in [1.807, 2.05) is 18.2 Å². The van der Waals surface area contributed by atoms with Crippen molar-refractivity contribution in [2.75, 3.05) is 0 Å². The van der Waals surface area contributed by atoms with Crippen molar-refractivity contribution < 1.29 is 14.3 Å². The molecule has 0 amide bonds. The lowest BCUT2D eigenvalue weighted by Gasteiger charge is -2.35. The topological polar surface area (TPSA) is 43.4 Å². The number of hydrogen-bond acceptors (Lipinski definition) is 3. The summed E-state index contributed by atoms with van der Waals surface area (Å²) >= 11 is 0. The standard InChI is InChI=1S/C19H18O3/c20-16-9-4-10-17-19(16,12-18(21)22-17)11-14-7-3-6-13-5-1-2-8-15(13)14/h1-3,5-8,17H,4,9-12H2/t17-,19+/m0/s1. The molecule has 3 nitrogen and oxygen atoms in total. The molecule has 0 N–H and O–H groups in total. The minimum atomic E-state index is -0.639. The molecule has 2 aliphatic rings. The maximum atomic E-state index is 12.7. The highest BCUT2D eigenvalue weighted by Crippen LogP contribution is 2.46. The molecule has 3 heteroatoms. The summed E-state index contributed by atoms with van der Waals surface area (Å²) in [6, 6.07) is 14.4. The van der Waals surface area contributed by atoms with Gasteiger partial charge >= 0.3 is 5.97 Å². The lowest BCUT2D eigenvalue weighted by atomic mass is 9.66. The second-order valence-corrected chi connectivity index (χ2v) is 6.44. The van der Waals surface area contributed by atoms with Crippen molar-refractivity contribution in [2.24, 2.45) is 5.41 Å². The third-order valence-electron chi connectivity index (χ3n) is 5.16.